The zero-order valence-corrected chi connectivity index (χ0v) is 31.9. The SMILES string of the molecule is COC(=O)C(CC(C)C)NC(=O)[C@]12CC[C@@H](C)[C@H](C)[C@H]1C1=CC[C@@H]3[C@@]4(C)Cc5nc6ccccc6nc5C(C)(C)[C@@H]4CC[C@@]3(C)[C@]1(C)CC2. The van der Waals surface area contributed by atoms with Crippen LogP contribution in [0.4, 0.5) is 0 Å². The summed E-state index contributed by atoms with van der Waals surface area (Å²) in [6.07, 6.45) is 11.4. The van der Waals surface area contributed by atoms with Crippen molar-refractivity contribution in [3.8, 4) is 0 Å². The first kappa shape index (κ1) is 34.7. The van der Waals surface area contributed by atoms with Crippen LogP contribution in [0.2, 0.25) is 0 Å². The lowest BCUT2D eigenvalue weighted by Crippen LogP contribution is -2.66. The van der Waals surface area contributed by atoms with Gasteiger partial charge in [-0.05, 0) is 122 Å². The number of carbonyl (C=O) groups is 2. The Balaban J connectivity index is 1.29. The third kappa shape index (κ3) is 4.84. The fraction of sp³-hybridized carbons (Fsp3) is 0.721. The summed E-state index contributed by atoms with van der Waals surface area (Å²) >= 11 is 0. The quantitative estimate of drug-likeness (QED) is 0.254. The molecule has 10 atom stereocenters. The second-order valence-corrected chi connectivity index (χ2v) is 18.9. The summed E-state index contributed by atoms with van der Waals surface area (Å²) in [5.41, 5.74) is 5.60. The second kappa shape index (κ2) is 11.6. The number of methoxy groups -OCH3 is 1. The first-order valence-corrected chi connectivity index (χ1v) is 19.4. The highest BCUT2D eigenvalue weighted by atomic mass is 16.5. The van der Waals surface area contributed by atoms with Crippen LogP contribution in [0.25, 0.3) is 11.0 Å². The van der Waals surface area contributed by atoms with Gasteiger partial charge in [0.25, 0.3) is 0 Å². The molecule has 2 aromatic rings. The number of nitrogens with zero attached hydrogens (tertiary/aromatic N) is 2. The maximum atomic E-state index is 14.7. The molecule has 1 aromatic heterocycles. The van der Waals surface area contributed by atoms with E-state index in [-0.39, 0.29) is 45.4 Å². The number of ether oxygens (including phenoxy) is 1. The first-order chi connectivity index (χ1) is 23.0. The molecule has 1 aromatic carbocycles. The van der Waals surface area contributed by atoms with E-state index in [2.05, 4.69) is 98.0 Å². The van der Waals surface area contributed by atoms with Crippen molar-refractivity contribution >= 4 is 22.9 Å². The predicted molar refractivity (Wildman–Crippen MR) is 196 cm³/mol. The fourth-order valence-corrected chi connectivity index (χ4v) is 13.0. The van der Waals surface area contributed by atoms with Crippen molar-refractivity contribution in [2.24, 2.45) is 57.2 Å². The van der Waals surface area contributed by atoms with Crippen LogP contribution in [-0.2, 0) is 26.2 Å². The number of para-hydroxylation sites is 2. The van der Waals surface area contributed by atoms with Crippen molar-refractivity contribution in [2.75, 3.05) is 7.11 Å². The Morgan fingerprint density at radius 2 is 1.63 bits per heavy atom. The molecule has 6 heteroatoms. The summed E-state index contributed by atoms with van der Waals surface area (Å²) in [5, 5.41) is 3.29. The predicted octanol–water partition coefficient (Wildman–Crippen LogP) is 9.01. The Kier molecular flexibility index (Phi) is 8.23. The molecule has 0 aliphatic heterocycles. The zero-order chi connectivity index (χ0) is 35.3. The standard InChI is InChI=1S/C43H61N3O3/c1-25(2)23-31(37(47)49-10)46-38(48)43-20-17-26(3)27(4)35(43)28-15-16-34-40(7)24-32-36(45-30-14-12-11-13-29(30)44-32)39(5,6)33(40)18-19-42(34,9)41(28,8)21-22-43/h11-15,25-27,31,33-35H,16-24H2,1-10H3,(H,46,48)/t26-,27+,31?,33+,34-,35+,40+,41-,42-,43+/m1/s1. The van der Waals surface area contributed by atoms with Gasteiger partial charge in [0.15, 0.2) is 0 Å². The van der Waals surface area contributed by atoms with Crippen LogP contribution < -0.4 is 5.32 Å². The molecule has 6 nitrogen and oxygen atoms in total. The molecule has 1 amide bonds. The number of nitrogens with one attached hydrogen (secondary N) is 1. The maximum absolute atomic E-state index is 14.7. The number of allylic oxidation sites excluding steroid dienone is 2. The number of amides is 1. The molecule has 0 radical (unpaired) electrons. The Labute approximate surface area is 295 Å². The minimum atomic E-state index is -0.606. The van der Waals surface area contributed by atoms with Gasteiger partial charge in [0.05, 0.1) is 34.9 Å². The molecule has 0 spiro atoms. The Hall–Kier alpha value is -2.76. The average Bonchev–Trinajstić information content (AvgIpc) is 3.05. The summed E-state index contributed by atoms with van der Waals surface area (Å²) in [5.74, 6) is 2.17. The van der Waals surface area contributed by atoms with Crippen molar-refractivity contribution in [2.45, 2.75) is 132 Å². The molecule has 7 rings (SSSR count). The van der Waals surface area contributed by atoms with Gasteiger partial charge >= 0.3 is 5.97 Å². The second-order valence-electron chi connectivity index (χ2n) is 18.9. The van der Waals surface area contributed by atoms with Crippen LogP contribution in [0.1, 0.15) is 125 Å². The maximum Gasteiger partial charge on any atom is 0.328 e. The molecule has 5 aliphatic carbocycles. The highest BCUT2D eigenvalue weighted by Crippen LogP contribution is 2.75. The summed E-state index contributed by atoms with van der Waals surface area (Å²) in [6, 6.07) is 7.75. The summed E-state index contributed by atoms with van der Waals surface area (Å²) in [6.45, 7) is 21.7. The number of hydrogen-bond donors (Lipinski definition) is 1. The molecule has 3 saturated carbocycles. The Bertz CT molecular complexity index is 1700. The monoisotopic (exact) mass is 667 g/mol. The van der Waals surface area contributed by atoms with Gasteiger partial charge in [-0.2, -0.15) is 0 Å². The third-order valence-electron chi connectivity index (χ3n) is 15.9. The zero-order valence-electron chi connectivity index (χ0n) is 31.9. The summed E-state index contributed by atoms with van der Waals surface area (Å²) in [4.78, 5) is 38.2. The topological polar surface area (TPSA) is 81.2 Å². The van der Waals surface area contributed by atoms with Crippen molar-refractivity contribution in [3.63, 3.8) is 0 Å². The fourth-order valence-electron chi connectivity index (χ4n) is 13.0. The van der Waals surface area contributed by atoms with E-state index < -0.39 is 11.5 Å². The normalized spacial score (nSPS) is 39.7. The third-order valence-corrected chi connectivity index (χ3v) is 15.9. The molecule has 0 saturated heterocycles. The number of esters is 1. The Morgan fingerprint density at radius 1 is 0.939 bits per heavy atom. The van der Waals surface area contributed by atoms with Crippen molar-refractivity contribution in [1.82, 2.24) is 15.3 Å². The van der Waals surface area contributed by atoms with Crippen molar-refractivity contribution < 1.29 is 14.3 Å². The van der Waals surface area contributed by atoms with E-state index in [1.807, 2.05) is 0 Å². The Morgan fingerprint density at radius 3 is 2.31 bits per heavy atom. The van der Waals surface area contributed by atoms with Crippen LogP contribution in [0.3, 0.4) is 0 Å². The number of aromatic nitrogens is 2. The summed E-state index contributed by atoms with van der Waals surface area (Å²) in [7, 11) is 1.43. The number of benzene rings is 1. The van der Waals surface area contributed by atoms with E-state index in [9.17, 15) is 9.59 Å². The van der Waals surface area contributed by atoms with Crippen LogP contribution in [-0.4, -0.2) is 35.0 Å². The highest BCUT2D eigenvalue weighted by Gasteiger charge is 2.69. The van der Waals surface area contributed by atoms with Crippen LogP contribution in [0, 0.1) is 57.2 Å². The van der Waals surface area contributed by atoms with Crippen LogP contribution in [0.5, 0.6) is 0 Å². The minimum absolute atomic E-state index is 0.00281. The van der Waals surface area contributed by atoms with Crippen molar-refractivity contribution in [3.05, 3.63) is 47.3 Å². The van der Waals surface area contributed by atoms with E-state index in [4.69, 9.17) is 14.7 Å². The highest BCUT2D eigenvalue weighted by molar-refractivity contribution is 5.89. The largest absolute Gasteiger partial charge is 0.467 e. The first-order valence-electron chi connectivity index (χ1n) is 19.4. The van der Waals surface area contributed by atoms with Crippen molar-refractivity contribution in [1.29, 1.82) is 0 Å². The van der Waals surface area contributed by atoms with Gasteiger partial charge < -0.3 is 10.1 Å². The van der Waals surface area contributed by atoms with Crippen LogP contribution >= 0.6 is 0 Å². The van der Waals surface area contributed by atoms with Gasteiger partial charge in [0, 0.05) is 5.41 Å². The minimum Gasteiger partial charge on any atom is -0.467 e. The van der Waals surface area contributed by atoms with Gasteiger partial charge in [-0.1, -0.05) is 86.1 Å². The molecule has 1 unspecified atom stereocenters. The lowest BCUT2D eigenvalue weighted by Gasteiger charge is -2.71. The van der Waals surface area contributed by atoms with Gasteiger partial charge in [0.2, 0.25) is 5.91 Å². The number of rotatable bonds is 5. The smallest absolute Gasteiger partial charge is 0.328 e. The molecular formula is C43H61N3O3. The molecule has 0 bridgehead atoms. The van der Waals surface area contributed by atoms with Gasteiger partial charge in [-0.25, -0.2) is 14.8 Å². The summed E-state index contributed by atoms with van der Waals surface area (Å²) < 4.78 is 5.18. The van der Waals surface area contributed by atoms with E-state index in [0.717, 1.165) is 49.6 Å². The average molecular weight is 668 g/mol. The molecular weight excluding hydrogens is 606 g/mol. The molecule has 49 heavy (non-hydrogen) atoms. The van der Waals surface area contributed by atoms with Gasteiger partial charge in [-0.3, -0.25) is 4.79 Å². The molecule has 1 heterocycles. The number of carbonyl (C=O) groups excluding carboxylic acids is 2. The van der Waals surface area contributed by atoms with Gasteiger partial charge in [-0.15, -0.1) is 0 Å². The molecule has 3 fully saturated rings. The lowest BCUT2D eigenvalue weighted by molar-refractivity contribution is -0.171. The molecule has 5 aliphatic rings. The number of fused-ring (bicyclic) bond motifs is 9. The number of hydrogen-bond acceptors (Lipinski definition) is 5. The van der Waals surface area contributed by atoms with E-state index in [1.165, 1.54) is 31.3 Å². The van der Waals surface area contributed by atoms with Gasteiger partial charge in [0.1, 0.15) is 6.04 Å². The molecule has 1 N–H and O–H groups in total. The van der Waals surface area contributed by atoms with E-state index in [0.29, 0.717) is 30.1 Å². The van der Waals surface area contributed by atoms with Crippen LogP contribution in [0.15, 0.2) is 35.9 Å². The van der Waals surface area contributed by atoms with E-state index in [1.54, 1.807) is 5.57 Å². The van der Waals surface area contributed by atoms with E-state index >= 15 is 0 Å². The lowest BCUT2D eigenvalue weighted by atomic mass is 9.33. The molecule has 266 valence electrons.